The normalized spacial score (nSPS) is 18.7. The number of nitrogens with zero attached hydrogens (tertiary/aromatic N) is 5. The number of pyridine rings is 1. The molecule has 0 bridgehead atoms. The van der Waals surface area contributed by atoms with Gasteiger partial charge in [0.25, 0.3) is 11.1 Å². The average molecular weight is 437 g/mol. The highest BCUT2D eigenvalue weighted by Gasteiger charge is 2.26. The molecule has 0 saturated carbocycles. The standard InChI is InChI=1S/C20H20N8O2S/c29-18-15(31-20(30)27-18)9-13-1-5-22-19(26-13)28-7-3-12(4-8-28)10-23-17-16-14(2-6-21-17)24-11-25-16/h1-2,5-6,9,11-12H,3-4,7-8,10H2,(H,21,23)(H,24,25)(H,27,29,30)/b15-9-. The Bertz CT molecular complexity index is 1170. The highest BCUT2D eigenvalue weighted by molar-refractivity contribution is 8.18. The number of aromatic nitrogens is 5. The number of carbonyl (C=O) groups excluding carboxylic acids is 2. The molecule has 3 N–H and O–H groups in total. The first-order chi connectivity index (χ1) is 15.2. The molecule has 0 spiro atoms. The summed E-state index contributed by atoms with van der Waals surface area (Å²) in [5.41, 5.74) is 2.44. The Labute approximate surface area is 182 Å². The number of aromatic amines is 1. The molecule has 10 nitrogen and oxygen atoms in total. The minimum atomic E-state index is -0.386. The number of imidazole rings is 1. The van der Waals surface area contributed by atoms with Gasteiger partial charge in [-0.2, -0.15) is 0 Å². The van der Waals surface area contributed by atoms with Gasteiger partial charge in [0.15, 0.2) is 5.82 Å². The van der Waals surface area contributed by atoms with Crippen LogP contribution in [0.15, 0.2) is 35.8 Å². The number of amides is 2. The highest BCUT2D eigenvalue weighted by Crippen LogP contribution is 2.26. The smallest absolute Gasteiger partial charge is 0.290 e. The number of carbonyl (C=O) groups is 2. The number of rotatable bonds is 5. The third kappa shape index (κ3) is 4.22. The van der Waals surface area contributed by atoms with Gasteiger partial charge < -0.3 is 15.2 Å². The summed E-state index contributed by atoms with van der Waals surface area (Å²) in [5, 5.41) is 5.32. The second-order valence-electron chi connectivity index (χ2n) is 7.40. The molecule has 11 heteroatoms. The van der Waals surface area contributed by atoms with E-state index in [0.29, 0.717) is 22.5 Å². The summed E-state index contributed by atoms with van der Waals surface area (Å²) in [4.78, 5) is 46.4. The van der Waals surface area contributed by atoms with E-state index in [9.17, 15) is 9.59 Å². The fourth-order valence-corrected chi connectivity index (χ4v) is 4.39. The van der Waals surface area contributed by atoms with Crippen molar-refractivity contribution in [1.82, 2.24) is 30.2 Å². The van der Waals surface area contributed by atoms with Crippen LogP contribution in [0.25, 0.3) is 17.1 Å². The number of piperidine rings is 1. The van der Waals surface area contributed by atoms with E-state index in [1.807, 2.05) is 6.07 Å². The summed E-state index contributed by atoms with van der Waals surface area (Å²) in [7, 11) is 0. The monoisotopic (exact) mass is 436 g/mol. The van der Waals surface area contributed by atoms with E-state index < -0.39 is 0 Å². The van der Waals surface area contributed by atoms with Crippen molar-refractivity contribution >= 4 is 51.8 Å². The van der Waals surface area contributed by atoms with Crippen LogP contribution in [-0.2, 0) is 4.79 Å². The number of H-pyrrole nitrogens is 1. The maximum absolute atomic E-state index is 11.7. The molecule has 0 radical (unpaired) electrons. The number of imide groups is 1. The van der Waals surface area contributed by atoms with Crippen molar-refractivity contribution in [3.05, 3.63) is 41.5 Å². The maximum Gasteiger partial charge on any atom is 0.290 e. The van der Waals surface area contributed by atoms with Crippen molar-refractivity contribution in [3.63, 3.8) is 0 Å². The fraction of sp³-hybridized carbons (Fsp3) is 0.300. The summed E-state index contributed by atoms with van der Waals surface area (Å²) in [6.45, 7) is 2.53. The van der Waals surface area contributed by atoms with Gasteiger partial charge in [0.1, 0.15) is 5.52 Å². The molecule has 2 fully saturated rings. The van der Waals surface area contributed by atoms with Crippen molar-refractivity contribution in [1.29, 1.82) is 0 Å². The summed E-state index contributed by atoms with van der Waals surface area (Å²) < 4.78 is 0. The molecule has 158 valence electrons. The van der Waals surface area contributed by atoms with Gasteiger partial charge in [0, 0.05) is 32.0 Å². The first-order valence-electron chi connectivity index (χ1n) is 10.0. The fourth-order valence-electron chi connectivity index (χ4n) is 3.72. The van der Waals surface area contributed by atoms with E-state index in [1.54, 1.807) is 30.9 Å². The van der Waals surface area contributed by atoms with Gasteiger partial charge in [0.05, 0.1) is 22.4 Å². The zero-order valence-electron chi connectivity index (χ0n) is 16.5. The van der Waals surface area contributed by atoms with Crippen molar-refractivity contribution in [3.8, 4) is 0 Å². The Kier molecular flexibility index (Phi) is 5.24. The minimum absolute atomic E-state index is 0.347. The van der Waals surface area contributed by atoms with Gasteiger partial charge in [-0.25, -0.2) is 19.9 Å². The minimum Gasteiger partial charge on any atom is -0.368 e. The highest BCUT2D eigenvalue weighted by atomic mass is 32.2. The van der Waals surface area contributed by atoms with Crippen molar-refractivity contribution in [2.45, 2.75) is 12.8 Å². The number of hydrogen-bond donors (Lipinski definition) is 3. The summed E-state index contributed by atoms with van der Waals surface area (Å²) in [5.74, 6) is 1.57. The maximum atomic E-state index is 11.7. The van der Waals surface area contributed by atoms with Crippen LogP contribution >= 0.6 is 11.8 Å². The van der Waals surface area contributed by atoms with E-state index in [-0.39, 0.29) is 11.1 Å². The molecule has 0 aromatic carbocycles. The first kappa shape index (κ1) is 19.5. The molecule has 2 aliphatic rings. The molecule has 0 atom stereocenters. The quantitative estimate of drug-likeness (QED) is 0.516. The Morgan fingerprint density at radius 1 is 1.16 bits per heavy atom. The molecule has 3 aromatic rings. The van der Waals surface area contributed by atoms with Crippen LogP contribution in [0.4, 0.5) is 16.6 Å². The summed E-state index contributed by atoms with van der Waals surface area (Å²) in [6, 6.07) is 3.64. The largest absolute Gasteiger partial charge is 0.368 e. The molecule has 31 heavy (non-hydrogen) atoms. The molecule has 5 rings (SSSR count). The van der Waals surface area contributed by atoms with E-state index in [0.717, 1.165) is 61.1 Å². The SMILES string of the molecule is O=C1NC(=O)/C(=C/c2ccnc(N3CCC(CNc4nccc5[nH]cnc45)CC3)n2)S1. The van der Waals surface area contributed by atoms with E-state index in [4.69, 9.17) is 0 Å². The summed E-state index contributed by atoms with van der Waals surface area (Å²) >= 11 is 0.884. The molecule has 2 amide bonds. The molecular formula is C20H20N8O2S. The van der Waals surface area contributed by atoms with Crippen molar-refractivity contribution in [2.24, 2.45) is 5.92 Å². The van der Waals surface area contributed by atoms with Gasteiger partial charge in [-0.3, -0.25) is 14.9 Å². The molecule has 0 unspecified atom stereocenters. The molecule has 3 aromatic heterocycles. The topological polar surface area (TPSA) is 129 Å². The number of hydrogen-bond acceptors (Lipinski definition) is 9. The van der Waals surface area contributed by atoms with E-state index in [1.165, 1.54) is 0 Å². The van der Waals surface area contributed by atoms with Crippen LogP contribution in [-0.4, -0.2) is 55.7 Å². The predicted octanol–water partition coefficient (Wildman–Crippen LogP) is 2.40. The number of nitrogens with one attached hydrogen (secondary N) is 3. The van der Waals surface area contributed by atoms with E-state index >= 15 is 0 Å². The molecule has 0 aliphatic carbocycles. The van der Waals surface area contributed by atoms with Crippen LogP contribution < -0.4 is 15.5 Å². The van der Waals surface area contributed by atoms with Gasteiger partial charge in [-0.15, -0.1) is 0 Å². The molecule has 2 aliphatic heterocycles. The van der Waals surface area contributed by atoms with Gasteiger partial charge in [0.2, 0.25) is 5.95 Å². The van der Waals surface area contributed by atoms with Gasteiger partial charge >= 0.3 is 0 Å². The predicted molar refractivity (Wildman–Crippen MR) is 118 cm³/mol. The van der Waals surface area contributed by atoms with Crippen LogP contribution in [0, 0.1) is 5.92 Å². The molecule has 2 saturated heterocycles. The molecule has 5 heterocycles. The van der Waals surface area contributed by atoms with E-state index in [2.05, 4.69) is 40.5 Å². The lowest BCUT2D eigenvalue weighted by Crippen LogP contribution is -2.37. The zero-order chi connectivity index (χ0) is 21.2. The lowest BCUT2D eigenvalue weighted by atomic mass is 9.97. The number of anilines is 2. The van der Waals surface area contributed by atoms with Crippen molar-refractivity contribution < 1.29 is 9.59 Å². The van der Waals surface area contributed by atoms with Gasteiger partial charge in [-0.1, -0.05) is 0 Å². The first-order valence-corrected chi connectivity index (χ1v) is 10.8. The third-order valence-electron chi connectivity index (χ3n) is 5.38. The third-order valence-corrected chi connectivity index (χ3v) is 6.19. The van der Waals surface area contributed by atoms with Gasteiger partial charge in [-0.05, 0) is 48.7 Å². The Morgan fingerprint density at radius 3 is 2.81 bits per heavy atom. The average Bonchev–Trinajstić information content (AvgIpc) is 3.39. The zero-order valence-corrected chi connectivity index (χ0v) is 17.4. The lowest BCUT2D eigenvalue weighted by Gasteiger charge is -2.32. The van der Waals surface area contributed by atoms with Crippen LogP contribution in [0.1, 0.15) is 18.5 Å². The van der Waals surface area contributed by atoms with Crippen LogP contribution in [0.2, 0.25) is 0 Å². The number of fused-ring (bicyclic) bond motifs is 1. The second-order valence-corrected chi connectivity index (χ2v) is 8.42. The van der Waals surface area contributed by atoms with Crippen molar-refractivity contribution in [2.75, 3.05) is 29.9 Å². The summed E-state index contributed by atoms with van der Waals surface area (Å²) in [6.07, 6.45) is 8.76. The second kappa shape index (κ2) is 8.34. The van der Waals surface area contributed by atoms with Crippen LogP contribution in [0.3, 0.4) is 0 Å². The van der Waals surface area contributed by atoms with Crippen LogP contribution in [0.5, 0.6) is 0 Å². The Hall–Kier alpha value is -3.47. The Morgan fingerprint density at radius 2 is 2.00 bits per heavy atom. The molecular weight excluding hydrogens is 416 g/mol. The lowest BCUT2D eigenvalue weighted by molar-refractivity contribution is -0.115. The number of thioether (sulfide) groups is 1. The Balaban J connectivity index is 1.19.